The van der Waals surface area contributed by atoms with Crippen LogP contribution in [0.3, 0.4) is 0 Å². The quantitative estimate of drug-likeness (QED) is 0.808. The third-order valence-electron chi connectivity index (χ3n) is 4.88. The van der Waals surface area contributed by atoms with Crippen molar-refractivity contribution in [3.63, 3.8) is 0 Å². The molecule has 2 fully saturated rings. The van der Waals surface area contributed by atoms with E-state index in [4.69, 9.17) is 14.2 Å². The Bertz CT molecular complexity index is 443. The lowest BCUT2D eigenvalue weighted by atomic mass is 9.88. The van der Waals surface area contributed by atoms with Gasteiger partial charge in [0.25, 0.3) is 0 Å². The summed E-state index contributed by atoms with van der Waals surface area (Å²) in [7, 11) is 1.76. The molecule has 0 radical (unpaired) electrons. The van der Waals surface area contributed by atoms with Crippen molar-refractivity contribution in [2.24, 2.45) is 0 Å². The largest absolute Gasteiger partial charge is 0.383 e. The maximum absolute atomic E-state index is 6.15. The third kappa shape index (κ3) is 4.07. The molecule has 1 spiro atoms. The van der Waals surface area contributed by atoms with Crippen molar-refractivity contribution in [2.75, 3.05) is 40.0 Å². The fraction of sp³-hybridized carbons (Fsp3) is 0.667. The van der Waals surface area contributed by atoms with Crippen LogP contribution in [0.5, 0.6) is 0 Å². The zero-order chi connectivity index (χ0) is 15.3. The van der Waals surface area contributed by atoms with Crippen molar-refractivity contribution >= 4 is 0 Å². The number of ether oxygens (including phenoxy) is 3. The highest BCUT2D eigenvalue weighted by Crippen LogP contribution is 2.37. The second-order valence-electron chi connectivity index (χ2n) is 6.45. The fourth-order valence-electron chi connectivity index (χ4n) is 3.45. The van der Waals surface area contributed by atoms with Gasteiger partial charge in [0, 0.05) is 33.2 Å². The smallest absolute Gasteiger partial charge is 0.0840 e. The lowest BCUT2D eigenvalue weighted by Gasteiger charge is -2.38. The summed E-state index contributed by atoms with van der Waals surface area (Å²) in [5, 5.41) is 0. The molecule has 1 aromatic carbocycles. The van der Waals surface area contributed by atoms with Gasteiger partial charge in [-0.15, -0.1) is 0 Å². The molecule has 4 nitrogen and oxygen atoms in total. The summed E-state index contributed by atoms with van der Waals surface area (Å²) in [6.45, 7) is 5.48. The molecule has 0 amide bonds. The van der Waals surface area contributed by atoms with Crippen molar-refractivity contribution in [3.05, 3.63) is 35.9 Å². The highest BCUT2D eigenvalue weighted by Gasteiger charge is 2.42. The molecule has 0 saturated carbocycles. The molecule has 1 aromatic rings. The molecule has 3 rings (SSSR count). The number of methoxy groups -OCH3 is 1. The van der Waals surface area contributed by atoms with E-state index < -0.39 is 0 Å². The molecule has 0 N–H and O–H groups in total. The van der Waals surface area contributed by atoms with Gasteiger partial charge in [-0.05, 0) is 18.4 Å². The van der Waals surface area contributed by atoms with E-state index in [2.05, 4.69) is 29.2 Å². The summed E-state index contributed by atoms with van der Waals surface area (Å²) in [4.78, 5) is 2.47. The molecule has 2 heterocycles. The number of rotatable bonds is 6. The minimum absolute atomic E-state index is 0.0604. The van der Waals surface area contributed by atoms with E-state index in [9.17, 15) is 0 Å². The van der Waals surface area contributed by atoms with Crippen molar-refractivity contribution in [1.29, 1.82) is 0 Å². The van der Waals surface area contributed by atoms with Gasteiger partial charge in [0.1, 0.15) is 0 Å². The SMILES string of the molecule is COCCN1CCC2(CC1)CC(OCc1ccccc1)CO2. The Morgan fingerprint density at radius 3 is 2.73 bits per heavy atom. The Morgan fingerprint density at radius 1 is 1.23 bits per heavy atom. The first-order valence-corrected chi connectivity index (χ1v) is 8.30. The van der Waals surface area contributed by atoms with Gasteiger partial charge in [0.05, 0.1) is 31.5 Å². The molecular formula is C18H27NO3. The molecule has 0 aromatic heterocycles. The van der Waals surface area contributed by atoms with Gasteiger partial charge in [0.2, 0.25) is 0 Å². The lowest BCUT2D eigenvalue weighted by molar-refractivity contribution is -0.0478. The molecular weight excluding hydrogens is 278 g/mol. The molecule has 0 aliphatic carbocycles. The molecule has 122 valence electrons. The van der Waals surface area contributed by atoms with Crippen LogP contribution in [-0.2, 0) is 20.8 Å². The summed E-state index contributed by atoms with van der Waals surface area (Å²) in [6, 6.07) is 10.4. The minimum atomic E-state index is 0.0604. The van der Waals surface area contributed by atoms with E-state index in [0.717, 1.165) is 52.1 Å². The normalized spacial score (nSPS) is 24.9. The maximum Gasteiger partial charge on any atom is 0.0840 e. The summed E-state index contributed by atoms with van der Waals surface area (Å²) in [5.74, 6) is 0. The first-order valence-electron chi connectivity index (χ1n) is 8.30. The van der Waals surface area contributed by atoms with E-state index >= 15 is 0 Å². The maximum atomic E-state index is 6.15. The molecule has 2 aliphatic heterocycles. The van der Waals surface area contributed by atoms with Gasteiger partial charge in [-0.2, -0.15) is 0 Å². The van der Waals surface area contributed by atoms with E-state index in [0.29, 0.717) is 6.61 Å². The van der Waals surface area contributed by atoms with E-state index in [1.54, 1.807) is 7.11 Å². The molecule has 0 bridgehead atoms. The lowest BCUT2D eigenvalue weighted by Crippen LogP contribution is -2.45. The Labute approximate surface area is 133 Å². The second kappa shape index (κ2) is 7.55. The average molecular weight is 305 g/mol. The number of hydrogen-bond donors (Lipinski definition) is 0. The molecule has 1 unspecified atom stereocenters. The van der Waals surface area contributed by atoms with Gasteiger partial charge in [-0.3, -0.25) is 0 Å². The van der Waals surface area contributed by atoms with Crippen molar-refractivity contribution in [3.8, 4) is 0 Å². The van der Waals surface area contributed by atoms with E-state index in [1.165, 1.54) is 5.56 Å². The summed E-state index contributed by atoms with van der Waals surface area (Å²) < 4.78 is 17.4. The van der Waals surface area contributed by atoms with Crippen LogP contribution < -0.4 is 0 Å². The van der Waals surface area contributed by atoms with Gasteiger partial charge >= 0.3 is 0 Å². The first kappa shape index (κ1) is 15.9. The van der Waals surface area contributed by atoms with Crippen LogP contribution in [0.25, 0.3) is 0 Å². The van der Waals surface area contributed by atoms with Crippen LogP contribution in [0.2, 0.25) is 0 Å². The van der Waals surface area contributed by atoms with Gasteiger partial charge in [-0.1, -0.05) is 30.3 Å². The predicted octanol–water partition coefficient (Wildman–Crippen LogP) is 2.47. The summed E-state index contributed by atoms with van der Waals surface area (Å²) in [5.41, 5.74) is 1.29. The Morgan fingerprint density at radius 2 is 2.00 bits per heavy atom. The topological polar surface area (TPSA) is 30.9 Å². The number of likely N-dealkylation sites (tertiary alicyclic amines) is 1. The Hall–Kier alpha value is -0.940. The number of benzene rings is 1. The highest BCUT2D eigenvalue weighted by atomic mass is 16.6. The highest BCUT2D eigenvalue weighted by molar-refractivity contribution is 5.13. The van der Waals surface area contributed by atoms with Crippen molar-refractivity contribution in [1.82, 2.24) is 4.90 Å². The standard InChI is InChI=1S/C18H27NO3/c1-20-12-11-19-9-7-18(8-10-19)13-17(15-22-18)21-14-16-5-3-2-4-6-16/h2-6,17H,7-15H2,1H3. The fourth-order valence-corrected chi connectivity index (χ4v) is 3.45. The van der Waals surface area contributed by atoms with Crippen LogP contribution in [-0.4, -0.2) is 56.6 Å². The second-order valence-corrected chi connectivity index (χ2v) is 6.45. The Balaban J connectivity index is 1.42. The van der Waals surface area contributed by atoms with E-state index in [-0.39, 0.29) is 11.7 Å². The zero-order valence-corrected chi connectivity index (χ0v) is 13.5. The van der Waals surface area contributed by atoms with Crippen LogP contribution in [0.15, 0.2) is 30.3 Å². The minimum Gasteiger partial charge on any atom is -0.383 e. The molecule has 2 aliphatic rings. The first-order chi connectivity index (χ1) is 10.8. The van der Waals surface area contributed by atoms with Gasteiger partial charge in [0.15, 0.2) is 0 Å². The van der Waals surface area contributed by atoms with Gasteiger partial charge in [-0.25, -0.2) is 0 Å². The molecule has 2 saturated heterocycles. The molecule has 1 atom stereocenters. The van der Waals surface area contributed by atoms with Gasteiger partial charge < -0.3 is 19.1 Å². The third-order valence-corrected chi connectivity index (χ3v) is 4.88. The van der Waals surface area contributed by atoms with Crippen LogP contribution in [0, 0.1) is 0 Å². The summed E-state index contributed by atoms with van der Waals surface area (Å²) >= 11 is 0. The van der Waals surface area contributed by atoms with Crippen LogP contribution in [0.1, 0.15) is 24.8 Å². The number of nitrogens with zero attached hydrogens (tertiary/aromatic N) is 1. The van der Waals surface area contributed by atoms with Crippen LogP contribution in [0.4, 0.5) is 0 Å². The predicted molar refractivity (Wildman–Crippen MR) is 85.9 cm³/mol. The molecule has 4 heteroatoms. The zero-order valence-electron chi connectivity index (χ0n) is 13.5. The van der Waals surface area contributed by atoms with Crippen LogP contribution >= 0.6 is 0 Å². The monoisotopic (exact) mass is 305 g/mol. The summed E-state index contributed by atoms with van der Waals surface area (Å²) in [6.07, 6.45) is 3.51. The Kier molecular flexibility index (Phi) is 5.47. The van der Waals surface area contributed by atoms with Crippen molar-refractivity contribution < 1.29 is 14.2 Å². The number of hydrogen-bond acceptors (Lipinski definition) is 4. The van der Waals surface area contributed by atoms with E-state index in [1.807, 2.05) is 6.07 Å². The van der Waals surface area contributed by atoms with Crippen molar-refractivity contribution in [2.45, 2.75) is 37.6 Å². The number of piperidine rings is 1. The molecule has 22 heavy (non-hydrogen) atoms. The average Bonchev–Trinajstić information content (AvgIpc) is 2.96.